The van der Waals surface area contributed by atoms with Crippen LogP contribution in [-0.4, -0.2) is 9.97 Å². The summed E-state index contributed by atoms with van der Waals surface area (Å²) < 4.78 is 0. The molecule has 0 aliphatic rings. The average Bonchev–Trinajstić information content (AvgIpc) is 3.00. The first-order valence-corrected chi connectivity index (χ1v) is 16.9. The molecule has 0 spiro atoms. The van der Waals surface area contributed by atoms with Crippen LogP contribution in [0.3, 0.4) is 0 Å². The normalized spacial score (nSPS) is 10.0. The van der Waals surface area contributed by atoms with Gasteiger partial charge in [-0.2, -0.15) is 0 Å². The first kappa shape index (κ1) is 44.0. The van der Waals surface area contributed by atoms with Crippen LogP contribution in [-0.2, 0) is 0 Å². The monoisotopic (exact) mass is 579 g/mol. The molecule has 2 nitrogen and oxygen atoms in total. The van der Waals surface area contributed by atoms with Gasteiger partial charge in [0.15, 0.2) is 0 Å². The highest BCUT2D eigenvalue weighted by molar-refractivity contribution is 5.32. The summed E-state index contributed by atoms with van der Waals surface area (Å²) in [5, 5.41) is 0. The standard InChI is InChI=1S/C12H18.2C11H17N.3C2H6/c1-9(2)11-7-5-6-8-12(11)10(3)4;1-8(2)10-5-6-12-7-11(10)9(3)4;1-8(2)10-6-5-7-12-11(10)9(3)4;3*1-2/h5-10H,1-4H3;2*5-9H,1-4H3;3*1-2H3. The van der Waals surface area contributed by atoms with Crippen molar-refractivity contribution in [2.24, 2.45) is 0 Å². The van der Waals surface area contributed by atoms with Gasteiger partial charge in [-0.25, -0.2) is 0 Å². The van der Waals surface area contributed by atoms with E-state index in [4.69, 9.17) is 0 Å². The highest BCUT2D eigenvalue weighted by Gasteiger charge is 2.10. The van der Waals surface area contributed by atoms with Crippen molar-refractivity contribution in [1.82, 2.24) is 9.97 Å². The SMILES string of the molecule is CC.CC.CC.CC(C)c1ccccc1C(C)C.CC(C)c1cccnc1C(C)C.CC(C)c1ccncc1C(C)C. The van der Waals surface area contributed by atoms with Crippen LogP contribution >= 0.6 is 0 Å². The summed E-state index contributed by atoms with van der Waals surface area (Å²) in [6.45, 7) is 38.7. The smallest absolute Gasteiger partial charge is 0.0463 e. The number of aromatic nitrogens is 2. The summed E-state index contributed by atoms with van der Waals surface area (Å²) in [6.07, 6.45) is 5.74. The molecule has 0 aliphatic carbocycles. The first-order chi connectivity index (χ1) is 19.9. The molecular formula is C40H70N2. The van der Waals surface area contributed by atoms with Crippen molar-refractivity contribution in [2.45, 2.75) is 160 Å². The quantitative estimate of drug-likeness (QED) is 0.291. The van der Waals surface area contributed by atoms with Crippen LogP contribution in [0.15, 0.2) is 61.1 Å². The van der Waals surface area contributed by atoms with E-state index in [1.54, 1.807) is 0 Å². The van der Waals surface area contributed by atoms with E-state index in [-0.39, 0.29) is 0 Å². The Morgan fingerprint density at radius 1 is 0.381 bits per heavy atom. The topological polar surface area (TPSA) is 25.8 Å². The van der Waals surface area contributed by atoms with Crippen molar-refractivity contribution >= 4 is 0 Å². The molecule has 240 valence electrons. The zero-order valence-electron chi connectivity index (χ0n) is 31.1. The maximum atomic E-state index is 4.40. The van der Waals surface area contributed by atoms with E-state index in [9.17, 15) is 0 Å². The van der Waals surface area contributed by atoms with Crippen LogP contribution < -0.4 is 0 Å². The van der Waals surface area contributed by atoms with E-state index in [1.807, 2.05) is 66.2 Å². The fourth-order valence-electron chi connectivity index (χ4n) is 4.39. The third-order valence-electron chi connectivity index (χ3n) is 6.41. The Hall–Kier alpha value is -2.48. The molecule has 0 bridgehead atoms. The lowest BCUT2D eigenvalue weighted by atomic mass is 9.91. The van der Waals surface area contributed by atoms with Gasteiger partial charge < -0.3 is 0 Å². The minimum Gasteiger partial charge on any atom is -0.264 e. The van der Waals surface area contributed by atoms with Crippen molar-refractivity contribution in [3.8, 4) is 0 Å². The summed E-state index contributed by atoms with van der Waals surface area (Å²) in [6, 6.07) is 15.0. The molecule has 0 fully saturated rings. The van der Waals surface area contributed by atoms with Crippen LogP contribution in [0.2, 0.25) is 0 Å². The summed E-state index contributed by atoms with van der Waals surface area (Å²) in [7, 11) is 0. The van der Waals surface area contributed by atoms with Crippen LogP contribution in [0.4, 0.5) is 0 Å². The van der Waals surface area contributed by atoms with Gasteiger partial charge in [0.25, 0.3) is 0 Å². The Labute approximate surface area is 264 Å². The molecule has 2 heterocycles. The number of benzene rings is 1. The Balaban J connectivity index is -0.000000497. The molecule has 2 heteroatoms. The molecule has 0 unspecified atom stereocenters. The second kappa shape index (κ2) is 26.2. The molecule has 0 saturated heterocycles. The third kappa shape index (κ3) is 16.8. The Bertz CT molecular complexity index is 800. The largest absolute Gasteiger partial charge is 0.264 e. The lowest BCUT2D eigenvalue weighted by Gasteiger charge is -2.14. The number of nitrogens with zero attached hydrogens (tertiary/aromatic N) is 2. The average molecular weight is 579 g/mol. The summed E-state index contributed by atoms with van der Waals surface area (Å²) in [5.41, 5.74) is 8.42. The van der Waals surface area contributed by atoms with Crippen molar-refractivity contribution in [3.05, 3.63) is 94.6 Å². The highest BCUT2D eigenvalue weighted by Crippen LogP contribution is 2.26. The second-order valence-electron chi connectivity index (χ2n) is 11.5. The first-order valence-electron chi connectivity index (χ1n) is 16.9. The number of rotatable bonds is 6. The number of hydrogen-bond acceptors (Lipinski definition) is 2. The molecule has 2 aromatic heterocycles. The van der Waals surface area contributed by atoms with Crippen molar-refractivity contribution < 1.29 is 0 Å². The predicted octanol–water partition coefficient (Wildman–Crippen LogP) is 13.7. The maximum absolute atomic E-state index is 4.40. The summed E-state index contributed by atoms with van der Waals surface area (Å²) >= 11 is 0. The van der Waals surface area contributed by atoms with Gasteiger partial charge in [-0.05, 0) is 75.5 Å². The van der Waals surface area contributed by atoms with Crippen LogP contribution in [0.1, 0.15) is 194 Å². The number of hydrogen-bond donors (Lipinski definition) is 0. The zero-order valence-corrected chi connectivity index (χ0v) is 31.1. The van der Waals surface area contributed by atoms with Crippen LogP contribution in [0, 0.1) is 0 Å². The molecule has 3 rings (SSSR count). The second-order valence-corrected chi connectivity index (χ2v) is 11.5. The van der Waals surface area contributed by atoms with E-state index in [0.717, 1.165) is 0 Å². The molecule has 0 N–H and O–H groups in total. The molecule has 1 aromatic carbocycles. The van der Waals surface area contributed by atoms with Gasteiger partial charge in [0.2, 0.25) is 0 Å². The van der Waals surface area contributed by atoms with E-state index in [0.29, 0.717) is 35.5 Å². The third-order valence-corrected chi connectivity index (χ3v) is 6.41. The van der Waals surface area contributed by atoms with Crippen molar-refractivity contribution in [2.75, 3.05) is 0 Å². The minimum atomic E-state index is 0.531. The zero-order chi connectivity index (χ0) is 33.4. The Morgan fingerprint density at radius 2 is 0.738 bits per heavy atom. The minimum absolute atomic E-state index is 0.531. The summed E-state index contributed by atoms with van der Waals surface area (Å²) in [4.78, 5) is 8.55. The van der Waals surface area contributed by atoms with Gasteiger partial charge in [-0.1, -0.05) is 155 Å². The van der Waals surface area contributed by atoms with E-state index >= 15 is 0 Å². The molecule has 0 aliphatic heterocycles. The molecule has 0 radical (unpaired) electrons. The van der Waals surface area contributed by atoms with Crippen molar-refractivity contribution in [3.63, 3.8) is 0 Å². The number of pyridine rings is 2. The maximum Gasteiger partial charge on any atom is 0.0463 e. The van der Waals surface area contributed by atoms with Gasteiger partial charge in [0.05, 0.1) is 0 Å². The Kier molecular flexibility index (Phi) is 27.4. The van der Waals surface area contributed by atoms with Gasteiger partial charge in [-0.3, -0.25) is 9.97 Å². The molecule has 0 amide bonds. The molecule has 3 aromatic rings. The van der Waals surface area contributed by atoms with Crippen LogP contribution in [0.25, 0.3) is 0 Å². The van der Waals surface area contributed by atoms with E-state index in [1.165, 1.54) is 33.5 Å². The molecule has 42 heavy (non-hydrogen) atoms. The van der Waals surface area contributed by atoms with E-state index < -0.39 is 0 Å². The predicted molar refractivity (Wildman–Crippen MR) is 193 cm³/mol. The van der Waals surface area contributed by atoms with Crippen molar-refractivity contribution in [1.29, 1.82) is 0 Å². The lowest BCUT2D eigenvalue weighted by Crippen LogP contribution is -2.00. The van der Waals surface area contributed by atoms with E-state index in [2.05, 4.69) is 129 Å². The van der Waals surface area contributed by atoms with Gasteiger partial charge in [0.1, 0.15) is 0 Å². The van der Waals surface area contributed by atoms with Gasteiger partial charge >= 0.3 is 0 Å². The summed E-state index contributed by atoms with van der Waals surface area (Å²) in [5.74, 6) is 3.58. The molecular weight excluding hydrogens is 508 g/mol. The fraction of sp³-hybridized carbons (Fsp3) is 0.600. The molecule has 0 atom stereocenters. The Morgan fingerprint density at radius 3 is 1.05 bits per heavy atom. The fourth-order valence-corrected chi connectivity index (χ4v) is 4.39. The van der Waals surface area contributed by atoms with Gasteiger partial charge in [-0.15, -0.1) is 0 Å². The lowest BCUT2D eigenvalue weighted by molar-refractivity contribution is 0.757. The van der Waals surface area contributed by atoms with Gasteiger partial charge in [0, 0.05) is 24.3 Å². The highest BCUT2D eigenvalue weighted by atomic mass is 14.7. The van der Waals surface area contributed by atoms with Crippen LogP contribution in [0.5, 0.6) is 0 Å². The molecule has 0 saturated carbocycles.